The number of hydrogen-bond acceptors (Lipinski definition) is 2. The summed E-state index contributed by atoms with van der Waals surface area (Å²) in [4.78, 5) is 0.406. The Morgan fingerprint density at radius 3 is 2.38 bits per heavy atom. The Kier molecular flexibility index (Phi) is 7.09. The van der Waals surface area contributed by atoms with Gasteiger partial charge in [-0.25, -0.2) is 8.42 Å². The van der Waals surface area contributed by atoms with Gasteiger partial charge in [0.1, 0.15) is 0 Å². The van der Waals surface area contributed by atoms with E-state index in [9.17, 15) is 8.42 Å². The van der Waals surface area contributed by atoms with Gasteiger partial charge in [-0.3, -0.25) is 0 Å². The quantitative estimate of drug-likeness (QED) is 0.588. The van der Waals surface area contributed by atoms with Gasteiger partial charge >= 0.3 is 0 Å². The minimum absolute atomic E-state index is 0.406. The maximum atomic E-state index is 11.7. The van der Waals surface area contributed by atoms with E-state index < -0.39 is 9.84 Å². The summed E-state index contributed by atoms with van der Waals surface area (Å²) in [5.74, 6) is 1.51. The molecule has 1 atom stereocenters. The van der Waals surface area contributed by atoms with E-state index in [2.05, 4.69) is 19.9 Å². The second kappa shape index (κ2) is 8.84. The molecule has 0 bridgehead atoms. The van der Waals surface area contributed by atoms with Crippen LogP contribution >= 0.6 is 0 Å². The molecular weight excluding hydrogens is 316 g/mol. The highest BCUT2D eigenvalue weighted by molar-refractivity contribution is 7.90. The van der Waals surface area contributed by atoms with E-state index in [-0.39, 0.29) is 0 Å². The molecule has 0 radical (unpaired) electrons. The van der Waals surface area contributed by atoms with Crippen molar-refractivity contribution in [2.45, 2.75) is 70.1 Å². The summed E-state index contributed by atoms with van der Waals surface area (Å²) in [5.41, 5.74) is 2.58. The monoisotopic (exact) mass is 348 g/mol. The van der Waals surface area contributed by atoms with Crippen LogP contribution < -0.4 is 0 Å². The van der Waals surface area contributed by atoms with Crippen LogP contribution in [0.2, 0.25) is 0 Å². The number of allylic oxidation sites excluding steroid dienone is 2. The molecule has 1 aromatic carbocycles. The van der Waals surface area contributed by atoms with Crippen molar-refractivity contribution >= 4 is 15.4 Å². The molecular formula is C21H32O2S. The molecule has 24 heavy (non-hydrogen) atoms. The Morgan fingerprint density at radius 2 is 1.83 bits per heavy atom. The summed E-state index contributed by atoms with van der Waals surface area (Å²) in [6.45, 7) is 4.55. The number of benzene rings is 1. The molecule has 1 aliphatic rings. The second-order valence-electron chi connectivity index (χ2n) is 7.51. The van der Waals surface area contributed by atoms with Crippen LogP contribution in [0, 0.1) is 11.8 Å². The van der Waals surface area contributed by atoms with Gasteiger partial charge in [0.2, 0.25) is 0 Å². The molecule has 0 spiro atoms. The lowest BCUT2D eigenvalue weighted by Crippen LogP contribution is -2.00. The van der Waals surface area contributed by atoms with Gasteiger partial charge in [-0.05, 0) is 47.9 Å². The predicted molar refractivity (Wildman–Crippen MR) is 103 cm³/mol. The van der Waals surface area contributed by atoms with Crippen LogP contribution in [0.1, 0.15) is 70.8 Å². The van der Waals surface area contributed by atoms with Crippen LogP contribution in [0.3, 0.4) is 0 Å². The van der Waals surface area contributed by atoms with E-state index in [4.69, 9.17) is 0 Å². The maximum Gasteiger partial charge on any atom is 0.175 e. The van der Waals surface area contributed by atoms with Crippen LogP contribution in [0.4, 0.5) is 0 Å². The van der Waals surface area contributed by atoms with Crippen molar-refractivity contribution in [1.82, 2.24) is 0 Å². The molecule has 0 amide bonds. The van der Waals surface area contributed by atoms with Gasteiger partial charge < -0.3 is 0 Å². The smallest absolute Gasteiger partial charge is 0.175 e. The van der Waals surface area contributed by atoms with Crippen molar-refractivity contribution in [2.75, 3.05) is 6.26 Å². The zero-order valence-corrected chi connectivity index (χ0v) is 16.2. The Balaban J connectivity index is 2.18. The standard InChI is InChI=1S/C21H32O2S/c1-4-7-17(2)16-20(11-10-18-8-5-6-9-18)19-12-14-21(15-13-19)24(3,22)23/h11-15,17-18H,4-10,16H2,1-3H3/b20-11+. The molecule has 1 unspecified atom stereocenters. The van der Waals surface area contributed by atoms with Gasteiger partial charge in [0, 0.05) is 6.26 Å². The summed E-state index contributed by atoms with van der Waals surface area (Å²) < 4.78 is 23.3. The molecule has 0 heterocycles. The zero-order valence-electron chi connectivity index (χ0n) is 15.4. The van der Waals surface area contributed by atoms with Crippen molar-refractivity contribution in [1.29, 1.82) is 0 Å². The third-order valence-corrected chi connectivity index (χ3v) is 6.30. The first kappa shape index (κ1) is 19.2. The fourth-order valence-corrected chi connectivity index (χ4v) is 4.39. The molecule has 1 saturated carbocycles. The lowest BCUT2D eigenvalue weighted by Gasteiger charge is -2.16. The topological polar surface area (TPSA) is 34.1 Å². The van der Waals surface area contributed by atoms with E-state index in [1.54, 1.807) is 12.1 Å². The predicted octanol–water partition coefficient (Wildman–Crippen LogP) is 5.88. The highest BCUT2D eigenvalue weighted by atomic mass is 32.2. The minimum atomic E-state index is -3.12. The first-order valence-corrected chi connectivity index (χ1v) is 11.3. The van der Waals surface area contributed by atoms with E-state index >= 15 is 0 Å². The van der Waals surface area contributed by atoms with Crippen LogP contribution in [-0.4, -0.2) is 14.7 Å². The van der Waals surface area contributed by atoms with E-state index in [0.717, 1.165) is 12.3 Å². The molecule has 0 aliphatic heterocycles. The molecule has 1 fully saturated rings. The second-order valence-corrected chi connectivity index (χ2v) is 9.53. The number of sulfone groups is 1. The normalized spacial score (nSPS) is 18.0. The lowest BCUT2D eigenvalue weighted by atomic mass is 9.90. The van der Waals surface area contributed by atoms with Crippen LogP contribution in [0.5, 0.6) is 0 Å². The first-order chi connectivity index (χ1) is 11.4. The van der Waals surface area contributed by atoms with Crippen molar-refractivity contribution < 1.29 is 8.42 Å². The van der Waals surface area contributed by atoms with Gasteiger partial charge in [0.15, 0.2) is 9.84 Å². The van der Waals surface area contributed by atoms with Crippen LogP contribution in [0.15, 0.2) is 35.2 Å². The molecule has 0 N–H and O–H groups in total. The van der Waals surface area contributed by atoms with Gasteiger partial charge in [-0.15, -0.1) is 0 Å². The van der Waals surface area contributed by atoms with Crippen molar-refractivity contribution in [3.05, 3.63) is 35.9 Å². The molecule has 3 heteroatoms. The van der Waals surface area contributed by atoms with Gasteiger partial charge in [-0.1, -0.05) is 70.6 Å². The van der Waals surface area contributed by atoms with Gasteiger partial charge in [-0.2, -0.15) is 0 Å². The van der Waals surface area contributed by atoms with Crippen molar-refractivity contribution in [3.8, 4) is 0 Å². The fraction of sp³-hybridized carbons (Fsp3) is 0.619. The largest absolute Gasteiger partial charge is 0.224 e. The fourth-order valence-electron chi connectivity index (χ4n) is 3.76. The van der Waals surface area contributed by atoms with Crippen LogP contribution in [-0.2, 0) is 9.84 Å². The molecule has 134 valence electrons. The average Bonchev–Trinajstić information content (AvgIpc) is 3.04. The SMILES string of the molecule is CCCC(C)C/C(=C\CC1CCCC1)c1ccc(S(C)(=O)=O)cc1. The maximum absolute atomic E-state index is 11.7. The molecule has 1 aromatic rings. The van der Waals surface area contributed by atoms with E-state index in [0.29, 0.717) is 10.8 Å². The molecule has 1 aliphatic carbocycles. The third-order valence-electron chi connectivity index (χ3n) is 5.18. The average molecular weight is 349 g/mol. The molecule has 2 nitrogen and oxygen atoms in total. The molecule has 2 rings (SSSR count). The van der Waals surface area contributed by atoms with Crippen molar-refractivity contribution in [2.24, 2.45) is 11.8 Å². The van der Waals surface area contributed by atoms with Gasteiger partial charge in [0.25, 0.3) is 0 Å². The zero-order chi connectivity index (χ0) is 17.6. The van der Waals surface area contributed by atoms with E-state index in [1.165, 1.54) is 62.3 Å². The first-order valence-electron chi connectivity index (χ1n) is 9.39. The number of hydrogen-bond donors (Lipinski definition) is 0. The van der Waals surface area contributed by atoms with Gasteiger partial charge in [0.05, 0.1) is 4.90 Å². The number of rotatable bonds is 8. The Hall–Kier alpha value is -1.09. The summed E-state index contributed by atoms with van der Waals surface area (Å²) in [6.07, 6.45) is 13.9. The van der Waals surface area contributed by atoms with E-state index in [1.807, 2.05) is 12.1 Å². The third kappa shape index (κ3) is 5.77. The summed E-state index contributed by atoms with van der Waals surface area (Å²) >= 11 is 0. The Labute approximate surface area is 148 Å². The molecule has 0 aromatic heterocycles. The Morgan fingerprint density at radius 1 is 1.21 bits per heavy atom. The summed E-state index contributed by atoms with van der Waals surface area (Å²) in [5, 5.41) is 0. The van der Waals surface area contributed by atoms with Crippen molar-refractivity contribution in [3.63, 3.8) is 0 Å². The highest BCUT2D eigenvalue weighted by Crippen LogP contribution is 2.32. The molecule has 0 saturated heterocycles. The highest BCUT2D eigenvalue weighted by Gasteiger charge is 2.15. The summed E-state index contributed by atoms with van der Waals surface area (Å²) in [6, 6.07) is 7.46. The lowest BCUT2D eigenvalue weighted by molar-refractivity contribution is 0.533. The Bertz CT molecular complexity index is 635. The minimum Gasteiger partial charge on any atom is -0.224 e. The van der Waals surface area contributed by atoms with Crippen LogP contribution in [0.25, 0.3) is 5.57 Å². The summed E-state index contributed by atoms with van der Waals surface area (Å²) in [7, 11) is -3.12.